The molecule has 0 saturated carbocycles. The molecule has 0 bridgehead atoms. The molecule has 0 aliphatic heterocycles. The Balaban J connectivity index is 4.13. The van der Waals surface area contributed by atoms with E-state index in [2.05, 4.69) is 118 Å². The third-order valence-electron chi connectivity index (χ3n) is 14.0. The molecule has 0 rings (SSSR count). The van der Waals surface area contributed by atoms with Crippen molar-refractivity contribution in [3.8, 4) is 0 Å². The zero-order valence-electron chi connectivity index (χ0n) is 51.6. The van der Waals surface area contributed by atoms with Crippen LogP contribution >= 0.6 is 0 Å². The largest absolute Gasteiger partial charge is 0.462 e. The highest BCUT2D eigenvalue weighted by molar-refractivity contribution is 5.71. The molecule has 0 aromatic rings. The predicted octanol–water partition coefficient (Wildman–Crippen LogP) is 22.8. The molecular weight excluding hydrogens is 973 g/mol. The van der Waals surface area contributed by atoms with Gasteiger partial charge in [0.1, 0.15) is 13.2 Å². The second kappa shape index (κ2) is 66.3. The number of allylic oxidation sites excluding steroid dienone is 20. The summed E-state index contributed by atoms with van der Waals surface area (Å²) < 4.78 is 16.7. The number of unbranched alkanes of at least 4 members (excludes halogenated alkanes) is 28. The minimum Gasteiger partial charge on any atom is -0.462 e. The highest BCUT2D eigenvalue weighted by Crippen LogP contribution is 2.17. The van der Waals surface area contributed by atoms with Crippen LogP contribution in [-0.2, 0) is 28.6 Å². The van der Waals surface area contributed by atoms with Gasteiger partial charge in [0.05, 0.1) is 0 Å². The van der Waals surface area contributed by atoms with Crippen LogP contribution in [0.2, 0.25) is 0 Å². The van der Waals surface area contributed by atoms with Crippen LogP contribution in [0.4, 0.5) is 0 Å². The molecule has 0 aromatic heterocycles. The van der Waals surface area contributed by atoms with Gasteiger partial charge in [0.2, 0.25) is 0 Å². The van der Waals surface area contributed by atoms with E-state index in [0.29, 0.717) is 19.3 Å². The predicted molar refractivity (Wildman–Crippen MR) is 343 cm³/mol. The third kappa shape index (κ3) is 64.5. The zero-order chi connectivity index (χ0) is 57.1. The summed E-state index contributed by atoms with van der Waals surface area (Å²) in [5.41, 5.74) is 0. The molecule has 0 aliphatic rings. The lowest BCUT2D eigenvalue weighted by Gasteiger charge is -2.18. The highest BCUT2D eigenvalue weighted by Gasteiger charge is 2.19. The van der Waals surface area contributed by atoms with E-state index in [1.165, 1.54) is 173 Å². The molecule has 0 N–H and O–H groups in total. The molecule has 79 heavy (non-hydrogen) atoms. The normalized spacial score (nSPS) is 12.9. The van der Waals surface area contributed by atoms with E-state index >= 15 is 0 Å². The highest BCUT2D eigenvalue weighted by atomic mass is 16.6. The van der Waals surface area contributed by atoms with E-state index < -0.39 is 12.1 Å². The van der Waals surface area contributed by atoms with Gasteiger partial charge in [-0.05, 0) is 103 Å². The van der Waals surface area contributed by atoms with Crippen molar-refractivity contribution in [1.82, 2.24) is 0 Å². The average Bonchev–Trinajstić information content (AvgIpc) is 3.45. The van der Waals surface area contributed by atoms with Crippen LogP contribution in [0.3, 0.4) is 0 Å². The van der Waals surface area contributed by atoms with Gasteiger partial charge in [-0.25, -0.2) is 0 Å². The summed E-state index contributed by atoms with van der Waals surface area (Å²) in [6.45, 7) is 6.28. The maximum atomic E-state index is 12.8. The smallest absolute Gasteiger partial charge is 0.306 e. The van der Waals surface area contributed by atoms with Crippen molar-refractivity contribution in [2.45, 2.75) is 309 Å². The van der Waals surface area contributed by atoms with Gasteiger partial charge in [-0.3, -0.25) is 14.4 Å². The lowest BCUT2D eigenvalue weighted by molar-refractivity contribution is -0.166. The maximum Gasteiger partial charge on any atom is 0.306 e. The summed E-state index contributed by atoms with van der Waals surface area (Å²) in [5.74, 6) is -1.09. The van der Waals surface area contributed by atoms with Gasteiger partial charge >= 0.3 is 17.9 Å². The first-order valence-electron chi connectivity index (χ1n) is 33.0. The standard InChI is InChI=1S/C73H122O6/c1-4-7-10-13-16-19-22-25-26-27-28-29-30-31-32-33-34-35-36-37-38-39-40-41-42-43-44-45-46-49-51-54-57-60-63-66-72(75)78-69-70(79-73(76)67-64-61-58-55-52-48-24-21-18-15-12-9-6-3)68-77-71(74)65-62-59-56-53-50-47-23-20-17-14-11-8-5-2/h8-9,11-12,17-18,20-22,25,27-28,47-48,50,52,56,58-59,61,70H,4-7,10,13-16,19,23-24,26,29-46,49,51,53-55,57,60,62-69H2,1-3H3/b11-8-,12-9-,20-17-,21-18-,25-22-,28-27-,50-47-,52-48-,59-56-,61-58-. The van der Waals surface area contributed by atoms with Crippen molar-refractivity contribution in [3.05, 3.63) is 122 Å². The molecule has 0 aromatic carbocycles. The minimum atomic E-state index is -0.846. The van der Waals surface area contributed by atoms with Crippen LogP contribution in [0.25, 0.3) is 0 Å². The van der Waals surface area contributed by atoms with E-state index in [-0.39, 0.29) is 38.0 Å². The van der Waals surface area contributed by atoms with Gasteiger partial charge < -0.3 is 14.2 Å². The van der Waals surface area contributed by atoms with Gasteiger partial charge in [-0.2, -0.15) is 0 Å². The number of carbonyl (C=O) groups excluding carboxylic acids is 3. The Hall–Kier alpha value is -4.19. The van der Waals surface area contributed by atoms with Crippen LogP contribution in [0.5, 0.6) is 0 Å². The van der Waals surface area contributed by atoms with E-state index in [0.717, 1.165) is 77.0 Å². The van der Waals surface area contributed by atoms with Crippen molar-refractivity contribution in [1.29, 1.82) is 0 Å². The van der Waals surface area contributed by atoms with Crippen molar-refractivity contribution in [2.24, 2.45) is 0 Å². The molecular formula is C73H122O6. The Bertz CT molecular complexity index is 1640. The first kappa shape index (κ1) is 74.8. The Labute approximate surface area is 488 Å². The molecule has 0 saturated heterocycles. The Morgan fingerprint density at radius 2 is 0.519 bits per heavy atom. The van der Waals surface area contributed by atoms with Crippen LogP contribution in [0, 0.1) is 0 Å². The molecule has 1 unspecified atom stereocenters. The number of hydrogen-bond acceptors (Lipinski definition) is 6. The molecule has 0 spiro atoms. The summed E-state index contributed by atoms with van der Waals surface area (Å²) in [6, 6.07) is 0. The van der Waals surface area contributed by atoms with Gasteiger partial charge in [0.25, 0.3) is 0 Å². The Morgan fingerprint density at radius 1 is 0.266 bits per heavy atom. The monoisotopic (exact) mass is 1090 g/mol. The zero-order valence-corrected chi connectivity index (χ0v) is 51.6. The third-order valence-corrected chi connectivity index (χ3v) is 14.0. The van der Waals surface area contributed by atoms with Gasteiger partial charge in [0, 0.05) is 19.3 Å². The van der Waals surface area contributed by atoms with E-state index in [9.17, 15) is 14.4 Å². The van der Waals surface area contributed by atoms with Gasteiger partial charge in [0.15, 0.2) is 6.10 Å². The number of esters is 3. The van der Waals surface area contributed by atoms with Gasteiger partial charge in [-0.1, -0.05) is 303 Å². The molecule has 6 nitrogen and oxygen atoms in total. The summed E-state index contributed by atoms with van der Waals surface area (Å²) in [4.78, 5) is 38.1. The molecule has 0 fully saturated rings. The summed E-state index contributed by atoms with van der Waals surface area (Å²) >= 11 is 0. The van der Waals surface area contributed by atoms with Crippen molar-refractivity contribution in [3.63, 3.8) is 0 Å². The van der Waals surface area contributed by atoms with Crippen molar-refractivity contribution < 1.29 is 28.6 Å². The van der Waals surface area contributed by atoms with E-state index in [1.807, 2.05) is 24.3 Å². The molecule has 1 atom stereocenters. The molecule has 0 amide bonds. The molecule has 0 radical (unpaired) electrons. The average molecular weight is 1100 g/mol. The Kier molecular flexibility index (Phi) is 62.8. The topological polar surface area (TPSA) is 78.9 Å². The Morgan fingerprint density at radius 3 is 0.848 bits per heavy atom. The quantitative estimate of drug-likeness (QED) is 0.0261. The van der Waals surface area contributed by atoms with E-state index in [4.69, 9.17) is 14.2 Å². The molecule has 6 heteroatoms. The second-order valence-corrected chi connectivity index (χ2v) is 21.6. The van der Waals surface area contributed by atoms with Crippen LogP contribution < -0.4 is 0 Å². The maximum absolute atomic E-state index is 12.8. The lowest BCUT2D eigenvalue weighted by Crippen LogP contribution is -2.30. The molecule has 450 valence electrons. The van der Waals surface area contributed by atoms with Gasteiger partial charge in [-0.15, -0.1) is 0 Å². The SMILES string of the molecule is CC/C=C\C/C=C\C/C=C\C/C=C\CCC(=O)OCC(COC(=O)CCCCCCCCCCCCCCCCCCCCCCCCC/C=C\C/C=C\CCCCCCC)OC(=O)CC/C=C\C/C=C\C/C=C\C/C=C\CC. The lowest BCUT2D eigenvalue weighted by atomic mass is 10.0. The molecule has 0 heterocycles. The minimum absolute atomic E-state index is 0.129. The fraction of sp³-hybridized carbons (Fsp3) is 0.685. The second-order valence-electron chi connectivity index (χ2n) is 21.6. The fourth-order valence-electron chi connectivity index (χ4n) is 9.09. The number of hydrogen-bond donors (Lipinski definition) is 0. The van der Waals surface area contributed by atoms with Crippen LogP contribution in [0.1, 0.15) is 303 Å². The van der Waals surface area contributed by atoms with E-state index in [1.54, 1.807) is 0 Å². The van der Waals surface area contributed by atoms with Crippen LogP contribution in [0.15, 0.2) is 122 Å². The van der Waals surface area contributed by atoms with Crippen LogP contribution in [-0.4, -0.2) is 37.2 Å². The summed E-state index contributed by atoms with van der Waals surface area (Å²) in [5, 5.41) is 0. The first-order valence-corrected chi connectivity index (χ1v) is 33.0. The van der Waals surface area contributed by atoms with Crippen molar-refractivity contribution >= 4 is 17.9 Å². The fourth-order valence-corrected chi connectivity index (χ4v) is 9.09. The summed E-state index contributed by atoms with van der Waals surface area (Å²) in [7, 11) is 0. The number of ether oxygens (including phenoxy) is 3. The molecule has 0 aliphatic carbocycles. The number of rotatable bonds is 59. The van der Waals surface area contributed by atoms with Crippen molar-refractivity contribution in [2.75, 3.05) is 13.2 Å². The first-order chi connectivity index (χ1) is 39.0. The summed E-state index contributed by atoms with van der Waals surface area (Å²) in [6.07, 6.45) is 92.8. The number of carbonyl (C=O) groups is 3.